The number of halogens is 7. The molecule has 0 radical (unpaired) electrons. The molecule has 0 saturated carbocycles. The lowest BCUT2D eigenvalue weighted by molar-refractivity contribution is -0.389. The van der Waals surface area contributed by atoms with Crippen LogP contribution in [-0.4, -0.2) is 16.3 Å². The number of pyridine rings is 1. The highest BCUT2D eigenvalue weighted by molar-refractivity contribution is 9.10. The number of hydrogen-bond acceptors (Lipinski definition) is 4. The van der Waals surface area contributed by atoms with E-state index in [1.165, 1.54) is 0 Å². The number of aromatic nitrogens is 1. The second-order valence-electron chi connectivity index (χ2n) is 2.94. The van der Waals surface area contributed by atoms with E-state index in [1.54, 1.807) is 0 Å². The average Bonchev–Trinajstić information content (AvgIpc) is 2.16. The predicted molar refractivity (Wildman–Crippen MR) is 50.3 cm³/mol. The Morgan fingerprint density at radius 1 is 1.26 bits per heavy atom. The van der Waals surface area contributed by atoms with Crippen molar-refractivity contribution in [3.8, 4) is 5.75 Å². The molecule has 1 aromatic heterocycles. The molecule has 106 valence electrons. The molecule has 0 aliphatic carbocycles. The summed E-state index contributed by atoms with van der Waals surface area (Å²) in [5, 5.41) is 10.5. The first kappa shape index (κ1) is 15.5. The van der Waals surface area contributed by atoms with Crippen LogP contribution in [0, 0.1) is 10.1 Å². The first-order chi connectivity index (χ1) is 8.42. The number of rotatable bonds is 2. The summed E-state index contributed by atoms with van der Waals surface area (Å²) in [6.45, 7) is 0. The van der Waals surface area contributed by atoms with Gasteiger partial charge in [0.1, 0.15) is 4.60 Å². The highest BCUT2D eigenvalue weighted by Gasteiger charge is 2.45. The zero-order valence-corrected chi connectivity index (χ0v) is 9.93. The van der Waals surface area contributed by atoms with Crippen molar-refractivity contribution in [3.63, 3.8) is 0 Å². The Bertz CT molecular complexity index is 515. The summed E-state index contributed by atoms with van der Waals surface area (Å²) < 4.78 is 75.9. The van der Waals surface area contributed by atoms with E-state index in [2.05, 4.69) is 25.7 Å². The standard InChI is InChI=1S/C7HBrF6N2O3/c8-3-1-2(16(17)18)4(19-7(12,13)14)5(15-3)6(9,10)11/h1H. The summed E-state index contributed by atoms with van der Waals surface area (Å²) >= 11 is 2.44. The molecule has 0 aliphatic rings. The van der Waals surface area contributed by atoms with Crippen molar-refractivity contribution in [3.05, 3.63) is 26.5 Å². The molecule has 0 unspecified atom stereocenters. The van der Waals surface area contributed by atoms with Crippen LogP contribution >= 0.6 is 15.9 Å². The van der Waals surface area contributed by atoms with Crippen molar-refractivity contribution in [1.82, 2.24) is 4.98 Å². The van der Waals surface area contributed by atoms with Crippen molar-refractivity contribution in [2.24, 2.45) is 0 Å². The van der Waals surface area contributed by atoms with Crippen LogP contribution in [0.5, 0.6) is 5.75 Å². The molecule has 0 amide bonds. The van der Waals surface area contributed by atoms with Gasteiger partial charge in [-0.15, -0.1) is 13.2 Å². The molecule has 0 fully saturated rings. The SMILES string of the molecule is O=[N+]([O-])c1cc(Br)nc(C(F)(F)F)c1OC(F)(F)F. The zero-order valence-electron chi connectivity index (χ0n) is 8.34. The fraction of sp³-hybridized carbons (Fsp3) is 0.286. The van der Waals surface area contributed by atoms with Gasteiger partial charge in [-0.25, -0.2) is 4.98 Å². The van der Waals surface area contributed by atoms with Gasteiger partial charge in [0.05, 0.1) is 11.0 Å². The van der Waals surface area contributed by atoms with Crippen LogP contribution in [0.25, 0.3) is 0 Å². The Hall–Kier alpha value is -1.59. The topological polar surface area (TPSA) is 65.3 Å². The molecule has 0 N–H and O–H groups in total. The van der Waals surface area contributed by atoms with E-state index in [4.69, 9.17) is 0 Å². The van der Waals surface area contributed by atoms with Gasteiger partial charge in [-0.05, 0) is 15.9 Å². The van der Waals surface area contributed by atoms with Gasteiger partial charge in [-0.3, -0.25) is 10.1 Å². The van der Waals surface area contributed by atoms with E-state index in [0.29, 0.717) is 6.07 Å². The molecule has 0 aromatic carbocycles. The summed E-state index contributed by atoms with van der Waals surface area (Å²) in [4.78, 5) is 11.8. The highest BCUT2D eigenvalue weighted by atomic mass is 79.9. The van der Waals surface area contributed by atoms with Gasteiger partial charge in [-0.2, -0.15) is 13.2 Å². The summed E-state index contributed by atoms with van der Waals surface area (Å²) in [5.41, 5.74) is -3.66. The molecule has 12 heteroatoms. The molecule has 1 rings (SSSR count). The van der Waals surface area contributed by atoms with E-state index in [0.717, 1.165) is 0 Å². The predicted octanol–water partition coefficient (Wildman–Crippen LogP) is 3.67. The van der Waals surface area contributed by atoms with Crippen LogP contribution in [0.3, 0.4) is 0 Å². The number of nitro groups is 1. The molecule has 0 spiro atoms. The van der Waals surface area contributed by atoms with Gasteiger partial charge in [-0.1, -0.05) is 0 Å². The molecule has 0 atom stereocenters. The normalized spacial score (nSPS) is 12.4. The molecule has 5 nitrogen and oxygen atoms in total. The van der Waals surface area contributed by atoms with Crippen LogP contribution in [0.15, 0.2) is 10.7 Å². The maximum atomic E-state index is 12.5. The molecule has 0 aliphatic heterocycles. The third kappa shape index (κ3) is 3.94. The number of ether oxygens (including phenoxy) is 1. The van der Waals surface area contributed by atoms with Gasteiger partial charge in [0, 0.05) is 0 Å². The lowest BCUT2D eigenvalue weighted by Gasteiger charge is -2.14. The fourth-order valence-corrected chi connectivity index (χ4v) is 1.43. The van der Waals surface area contributed by atoms with Crippen molar-refractivity contribution in [1.29, 1.82) is 0 Å². The van der Waals surface area contributed by atoms with Crippen LogP contribution in [-0.2, 0) is 6.18 Å². The summed E-state index contributed by atoms with van der Waals surface area (Å²) in [5.74, 6) is -2.01. The summed E-state index contributed by atoms with van der Waals surface area (Å²) in [7, 11) is 0. The highest BCUT2D eigenvalue weighted by Crippen LogP contribution is 2.43. The van der Waals surface area contributed by atoms with Crippen molar-refractivity contribution in [2.75, 3.05) is 0 Å². The molecule has 19 heavy (non-hydrogen) atoms. The van der Waals surface area contributed by atoms with Crippen LogP contribution in [0.4, 0.5) is 32.0 Å². The molecular formula is C7HBrF6N2O3. The largest absolute Gasteiger partial charge is 0.573 e. The number of alkyl halides is 6. The van der Waals surface area contributed by atoms with E-state index in [-0.39, 0.29) is 0 Å². The van der Waals surface area contributed by atoms with Gasteiger partial charge < -0.3 is 4.74 Å². The van der Waals surface area contributed by atoms with Crippen molar-refractivity contribution in [2.45, 2.75) is 12.5 Å². The average molecular weight is 355 g/mol. The smallest absolute Gasteiger partial charge is 0.396 e. The lowest BCUT2D eigenvalue weighted by atomic mass is 10.3. The van der Waals surface area contributed by atoms with Crippen molar-refractivity contribution >= 4 is 21.6 Å². The Labute approximate surface area is 108 Å². The Kier molecular flexibility index (Phi) is 3.93. The molecule has 0 bridgehead atoms. The minimum absolute atomic E-state index is 0.371. The molecule has 0 saturated heterocycles. The quantitative estimate of drug-likeness (QED) is 0.352. The summed E-state index contributed by atoms with van der Waals surface area (Å²) in [6.07, 6.45) is -10.9. The Morgan fingerprint density at radius 2 is 1.79 bits per heavy atom. The monoisotopic (exact) mass is 354 g/mol. The first-order valence-corrected chi connectivity index (χ1v) is 4.89. The van der Waals surface area contributed by atoms with Gasteiger partial charge in [0.15, 0.2) is 5.69 Å². The van der Waals surface area contributed by atoms with E-state index in [9.17, 15) is 36.5 Å². The third-order valence-electron chi connectivity index (χ3n) is 1.61. The third-order valence-corrected chi connectivity index (χ3v) is 2.01. The van der Waals surface area contributed by atoms with Crippen LogP contribution < -0.4 is 4.74 Å². The van der Waals surface area contributed by atoms with Crippen LogP contribution in [0.1, 0.15) is 5.69 Å². The minimum Gasteiger partial charge on any atom is -0.396 e. The zero-order chi connectivity index (χ0) is 15.0. The molecule has 1 aromatic rings. The van der Waals surface area contributed by atoms with E-state index in [1.807, 2.05) is 0 Å². The lowest BCUT2D eigenvalue weighted by Crippen LogP contribution is -2.22. The van der Waals surface area contributed by atoms with Gasteiger partial charge in [0.2, 0.25) is 5.75 Å². The number of nitrogens with zero attached hydrogens (tertiary/aromatic N) is 2. The molecule has 1 heterocycles. The maximum absolute atomic E-state index is 12.5. The maximum Gasteiger partial charge on any atom is 0.573 e. The second-order valence-corrected chi connectivity index (χ2v) is 3.76. The minimum atomic E-state index is -5.53. The first-order valence-electron chi connectivity index (χ1n) is 4.09. The Balaban J connectivity index is 3.57. The second kappa shape index (κ2) is 4.83. The van der Waals surface area contributed by atoms with E-state index < -0.39 is 39.2 Å². The van der Waals surface area contributed by atoms with Gasteiger partial charge >= 0.3 is 18.2 Å². The Morgan fingerprint density at radius 3 is 2.16 bits per heavy atom. The van der Waals surface area contributed by atoms with E-state index >= 15 is 0 Å². The summed E-state index contributed by atoms with van der Waals surface area (Å²) in [6, 6.07) is 0.371. The van der Waals surface area contributed by atoms with Gasteiger partial charge in [0.25, 0.3) is 0 Å². The fourth-order valence-electron chi connectivity index (χ4n) is 1.03. The number of hydrogen-bond donors (Lipinski definition) is 0. The van der Waals surface area contributed by atoms with Crippen LogP contribution in [0.2, 0.25) is 0 Å². The van der Waals surface area contributed by atoms with Crippen molar-refractivity contribution < 1.29 is 36.0 Å². The molecular weight excluding hydrogens is 354 g/mol.